The first-order valence-corrected chi connectivity index (χ1v) is 10.2. The van der Waals surface area contributed by atoms with E-state index in [4.69, 9.17) is 4.74 Å². The molecular weight excluding hydrogens is 348 g/mol. The molecule has 2 aliphatic rings. The van der Waals surface area contributed by atoms with Gasteiger partial charge >= 0.3 is 5.92 Å². The van der Waals surface area contributed by atoms with E-state index in [1.807, 2.05) is 13.0 Å². The second kappa shape index (κ2) is 8.17. The molecule has 0 bridgehead atoms. The molecule has 0 amide bonds. The summed E-state index contributed by atoms with van der Waals surface area (Å²) < 4.78 is 38.0. The summed E-state index contributed by atoms with van der Waals surface area (Å²) in [7, 11) is 0. The van der Waals surface area contributed by atoms with E-state index in [1.165, 1.54) is 0 Å². The fourth-order valence-electron chi connectivity index (χ4n) is 4.57. The van der Waals surface area contributed by atoms with E-state index in [2.05, 4.69) is 6.58 Å². The van der Waals surface area contributed by atoms with Gasteiger partial charge in [-0.15, -0.1) is 6.58 Å². The third kappa shape index (κ3) is 3.46. The van der Waals surface area contributed by atoms with E-state index >= 15 is 8.78 Å². The number of benzene rings is 1. The van der Waals surface area contributed by atoms with Gasteiger partial charge in [-0.2, -0.15) is 8.78 Å². The SMILES string of the molecule is C=CCN1c2ccccc2O[C@@]1(CCCC)C(F)(F)[C@@H](O)C1CCCCC1. The number of rotatable bonds is 8. The highest BCUT2D eigenvalue weighted by atomic mass is 19.3. The summed E-state index contributed by atoms with van der Waals surface area (Å²) in [5.41, 5.74) is -1.23. The molecule has 3 rings (SSSR count). The van der Waals surface area contributed by atoms with Gasteiger partial charge in [0, 0.05) is 13.0 Å². The zero-order chi connectivity index (χ0) is 19.5. The van der Waals surface area contributed by atoms with Gasteiger partial charge in [-0.3, -0.25) is 0 Å². The van der Waals surface area contributed by atoms with Gasteiger partial charge in [-0.25, -0.2) is 0 Å². The molecule has 0 aromatic heterocycles. The zero-order valence-corrected chi connectivity index (χ0v) is 16.2. The van der Waals surface area contributed by atoms with E-state index in [1.54, 1.807) is 29.2 Å². The average molecular weight is 379 g/mol. The molecule has 1 aromatic carbocycles. The first-order chi connectivity index (χ1) is 13.0. The number of nitrogens with zero attached hydrogens (tertiary/aromatic N) is 1. The van der Waals surface area contributed by atoms with Crippen molar-refractivity contribution >= 4 is 5.69 Å². The molecule has 0 saturated heterocycles. The highest BCUT2D eigenvalue weighted by Crippen LogP contribution is 2.53. The van der Waals surface area contributed by atoms with E-state index in [9.17, 15) is 5.11 Å². The fourth-order valence-corrected chi connectivity index (χ4v) is 4.57. The second-order valence-electron chi connectivity index (χ2n) is 7.82. The highest BCUT2D eigenvalue weighted by molar-refractivity contribution is 5.65. The minimum Gasteiger partial charge on any atom is -0.459 e. The Balaban J connectivity index is 2.01. The van der Waals surface area contributed by atoms with Crippen LogP contribution in [-0.4, -0.2) is 29.4 Å². The predicted molar refractivity (Wildman–Crippen MR) is 104 cm³/mol. The van der Waals surface area contributed by atoms with Crippen molar-refractivity contribution in [2.45, 2.75) is 76.0 Å². The normalized spacial score (nSPS) is 24.4. The maximum absolute atomic E-state index is 16.0. The van der Waals surface area contributed by atoms with E-state index in [0.717, 1.165) is 25.7 Å². The Morgan fingerprint density at radius 2 is 2.04 bits per heavy atom. The predicted octanol–water partition coefficient (Wildman–Crippen LogP) is 5.53. The van der Waals surface area contributed by atoms with Crippen LogP contribution in [0.25, 0.3) is 0 Å². The number of anilines is 1. The number of alkyl halides is 2. The molecule has 3 nitrogen and oxygen atoms in total. The first-order valence-electron chi connectivity index (χ1n) is 10.2. The standard InChI is InChI=1S/C22H31F2NO2/c1-3-5-15-21(22(23,24)20(26)17-11-7-6-8-12-17)25(16-4-2)18-13-9-10-14-19(18)27-21/h4,9-10,13-14,17,20,26H,2-3,5-8,11-12,15-16H2,1H3/t20-,21-/m0/s1. The van der Waals surface area contributed by atoms with Crippen LogP contribution in [0.3, 0.4) is 0 Å². The molecule has 2 atom stereocenters. The third-order valence-electron chi connectivity index (χ3n) is 6.04. The number of aliphatic hydroxyl groups excluding tert-OH is 1. The Bertz CT molecular complexity index is 645. The first kappa shape index (κ1) is 20.1. The molecule has 0 unspecified atom stereocenters. The van der Waals surface area contributed by atoms with Gasteiger partial charge in [0.05, 0.1) is 5.69 Å². The number of halogens is 2. The molecule has 1 heterocycles. The lowest BCUT2D eigenvalue weighted by Gasteiger charge is -2.46. The maximum atomic E-state index is 16.0. The van der Waals surface area contributed by atoms with Crippen LogP contribution in [0.4, 0.5) is 14.5 Å². The number of fused-ring (bicyclic) bond motifs is 1. The van der Waals surface area contributed by atoms with Crippen molar-refractivity contribution in [2.24, 2.45) is 5.92 Å². The number of aliphatic hydroxyl groups is 1. The van der Waals surface area contributed by atoms with E-state index in [-0.39, 0.29) is 18.9 Å². The van der Waals surface area contributed by atoms with Gasteiger partial charge in [0.25, 0.3) is 0 Å². The van der Waals surface area contributed by atoms with Crippen LogP contribution in [-0.2, 0) is 0 Å². The van der Waals surface area contributed by atoms with Crippen molar-refractivity contribution < 1.29 is 18.6 Å². The number of hydrogen-bond acceptors (Lipinski definition) is 3. The number of hydrogen-bond donors (Lipinski definition) is 1. The van der Waals surface area contributed by atoms with Gasteiger partial charge in [0.2, 0.25) is 5.72 Å². The summed E-state index contributed by atoms with van der Waals surface area (Å²) in [6.07, 6.45) is 5.58. The summed E-state index contributed by atoms with van der Waals surface area (Å²) in [6, 6.07) is 7.14. The number of unbranched alkanes of at least 4 members (excludes halogenated alkanes) is 1. The minimum atomic E-state index is -3.40. The molecule has 1 saturated carbocycles. The molecule has 5 heteroatoms. The van der Waals surface area contributed by atoms with Crippen LogP contribution >= 0.6 is 0 Å². The molecule has 27 heavy (non-hydrogen) atoms. The van der Waals surface area contributed by atoms with Crippen LogP contribution in [0.2, 0.25) is 0 Å². The van der Waals surface area contributed by atoms with Gasteiger partial charge in [0.15, 0.2) is 0 Å². The quantitative estimate of drug-likeness (QED) is 0.603. The summed E-state index contributed by atoms with van der Waals surface area (Å²) in [5, 5.41) is 10.8. The fraction of sp³-hybridized carbons (Fsp3) is 0.636. The van der Waals surface area contributed by atoms with Gasteiger partial charge in [-0.05, 0) is 37.3 Å². The topological polar surface area (TPSA) is 32.7 Å². The second-order valence-corrected chi connectivity index (χ2v) is 7.82. The van der Waals surface area contributed by atoms with Crippen LogP contribution in [0, 0.1) is 5.92 Å². The van der Waals surface area contributed by atoms with Crippen molar-refractivity contribution in [3.8, 4) is 5.75 Å². The van der Waals surface area contributed by atoms with Gasteiger partial charge < -0.3 is 14.7 Å². The summed E-state index contributed by atoms with van der Waals surface area (Å²) in [4.78, 5) is 1.61. The van der Waals surface area contributed by atoms with Gasteiger partial charge in [-0.1, -0.05) is 50.8 Å². The van der Waals surface area contributed by atoms with Crippen molar-refractivity contribution in [1.82, 2.24) is 0 Å². The molecule has 0 spiro atoms. The van der Waals surface area contributed by atoms with Crippen LogP contribution in [0.1, 0.15) is 58.3 Å². The van der Waals surface area contributed by atoms with E-state index in [0.29, 0.717) is 30.7 Å². The zero-order valence-electron chi connectivity index (χ0n) is 16.2. The van der Waals surface area contributed by atoms with Crippen LogP contribution in [0.5, 0.6) is 5.75 Å². The van der Waals surface area contributed by atoms with Crippen molar-refractivity contribution in [2.75, 3.05) is 11.4 Å². The minimum absolute atomic E-state index is 0.156. The number of ether oxygens (including phenoxy) is 1. The Hall–Kier alpha value is -1.62. The molecule has 1 aliphatic heterocycles. The van der Waals surface area contributed by atoms with Crippen molar-refractivity contribution in [1.29, 1.82) is 0 Å². The largest absolute Gasteiger partial charge is 0.459 e. The molecular formula is C22H31F2NO2. The monoisotopic (exact) mass is 379 g/mol. The Kier molecular flexibility index (Phi) is 6.09. The van der Waals surface area contributed by atoms with Crippen molar-refractivity contribution in [3.05, 3.63) is 36.9 Å². The smallest absolute Gasteiger partial charge is 0.331 e. The highest BCUT2D eigenvalue weighted by Gasteiger charge is 2.66. The summed E-state index contributed by atoms with van der Waals surface area (Å²) in [6.45, 7) is 5.97. The Labute approximate surface area is 161 Å². The molecule has 150 valence electrons. The van der Waals surface area contributed by atoms with Crippen LogP contribution in [0.15, 0.2) is 36.9 Å². The molecule has 0 radical (unpaired) electrons. The third-order valence-corrected chi connectivity index (χ3v) is 6.04. The summed E-state index contributed by atoms with van der Waals surface area (Å²) in [5.74, 6) is -3.33. The lowest BCUT2D eigenvalue weighted by Crippen LogP contribution is -2.67. The average Bonchev–Trinajstić information content (AvgIpc) is 3.02. The number of para-hydroxylation sites is 2. The van der Waals surface area contributed by atoms with Gasteiger partial charge in [0.1, 0.15) is 11.9 Å². The maximum Gasteiger partial charge on any atom is 0.331 e. The molecule has 1 N–H and O–H groups in total. The lowest BCUT2D eigenvalue weighted by molar-refractivity contribution is -0.231. The van der Waals surface area contributed by atoms with Crippen molar-refractivity contribution in [3.63, 3.8) is 0 Å². The summed E-state index contributed by atoms with van der Waals surface area (Å²) >= 11 is 0. The molecule has 1 aromatic rings. The van der Waals surface area contributed by atoms with Crippen LogP contribution < -0.4 is 9.64 Å². The Morgan fingerprint density at radius 1 is 1.33 bits per heavy atom. The molecule has 1 aliphatic carbocycles. The molecule has 1 fully saturated rings. The van der Waals surface area contributed by atoms with E-state index < -0.39 is 17.8 Å². The lowest BCUT2D eigenvalue weighted by atomic mass is 9.79. The Morgan fingerprint density at radius 3 is 2.70 bits per heavy atom.